The highest BCUT2D eigenvalue weighted by molar-refractivity contribution is 7.92. The standard InChI is InChI=1S/C14H20N2O3S.ClH/c1-10(2)20(18,19)13-6-4-3-5-12(13)14(17)16-8-7-11(15)9-16;/h3-6,10-11H,7-9,15H2,1-2H3;1H/t11-;/m1./s1. The average molecular weight is 333 g/mol. The lowest BCUT2D eigenvalue weighted by Gasteiger charge is -2.18. The second-order valence-electron chi connectivity index (χ2n) is 5.39. The number of likely N-dealkylation sites (tertiary alicyclic amines) is 1. The van der Waals surface area contributed by atoms with Crippen molar-refractivity contribution in [2.45, 2.75) is 36.5 Å². The summed E-state index contributed by atoms with van der Waals surface area (Å²) in [5, 5.41) is -0.558. The lowest BCUT2D eigenvalue weighted by Crippen LogP contribution is -2.33. The van der Waals surface area contributed by atoms with Crippen molar-refractivity contribution < 1.29 is 13.2 Å². The summed E-state index contributed by atoms with van der Waals surface area (Å²) < 4.78 is 24.7. The molecule has 2 N–H and O–H groups in total. The Hall–Kier alpha value is -1.11. The van der Waals surface area contributed by atoms with Gasteiger partial charge in [0, 0.05) is 19.1 Å². The molecule has 0 saturated carbocycles. The summed E-state index contributed by atoms with van der Waals surface area (Å²) in [4.78, 5) is 14.2. The SMILES string of the molecule is CC(C)S(=O)(=O)c1ccccc1C(=O)N1CC[C@@H](N)C1.Cl. The van der Waals surface area contributed by atoms with Gasteiger partial charge in [-0.3, -0.25) is 4.79 Å². The van der Waals surface area contributed by atoms with E-state index in [1.807, 2.05) is 0 Å². The highest BCUT2D eigenvalue weighted by Gasteiger charge is 2.30. The first-order valence-corrected chi connectivity index (χ1v) is 8.26. The third-order valence-corrected chi connectivity index (χ3v) is 5.77. The number of rotatable bonds is 3. The minimum atomic E-state index is -3.47. The predicted molar refractivity (Wildman–Crippen MR) is 84.5 cm³/mol. The first-order valence-electron chi connectivity index (χ1n) is 6.72. The average Bonchev–Trinajstić information content (AvgIpc) is 2.84. The molecule has 0 aliphatic carbocycles. The Balaban J connectivity index is 0.00000220. The number of hydrogen-bond donors (Lipinski definition) is 1. The van der Waals surface area contributed by atoms with E-state index in [2.05, 4.69) is 0 Å². The molecule has 0 radical (unpaired) electrons. The molecule has 21 heavy (non-hydrogen) atoms. The Morgan fingerprint density at radius 1 is 1.33 bits per heavy atom. The van der Waals surface area contributed by atoms with Gasteiger partial charge in [-0.2, -0.15) is 0 Å². The van der Waals surface area contributed by atoms with E-state index in [0.29, 0.717) is 13.1 Å². The van der Waals surface area contributed by atoms with Gasteiger partial charge in [0.1, 0.15) is 0 Å². The first-order chi connectivity index (χ1) is 9.34. The van der Waals surface area contributed by atoms with Gasteiger partial charge >= 0.3 is 0 Å². The quantitative estimate of drug-likeness (QED) is 0.908. The number of nitrogens with zero attached hydrogens (tertiary/aromatic N) is 1. The molecule has 5 nitrogen and oxygen atoms in total. The minimum absolute atomic E-state index is 0. The largest absolute Gasteiger partial charge is 0.337 e. The molecule has 1 aliphatic heterocycles. The van der Waals surface area contributed by atoms with Gasteiger partial charge in [-0.25, -0.2) is 8.42 Å². The van der Waals surface area contributed by atoms with Crippen molar-refractivity contribution in [3.8, 4) is 0 Å². The van der Waals surface area contributed by atoms with Crippen LogP contribution in [0.1, 0.15) is 30.6 Å². The molecule has 1 aliphatic rings. The van der Waals surface area contributed by atoms with E-state index < -0.39 is 15.1 Å². The first kappa shape index (κ1) is 17.9. The fourth-order valence-corrected chi connectivity index (χ4v) is 3.53. The van der Waals surface area contributed by atoms with Crippen LogP contribution in [0.25, 0.3) is 0 Å². The van der Waals surface area contributed by atoms with Crippen molar-refractivity contribution in [2.75, 3.05) is 13.1 Å². The number of halogens is 1. The third kappa shape index (κ3) is 3.56. The zero-order valence-electron chi connectivity index (χ0n) is 12.2. The molecule has 1 aromatic rings. The smallest absolute Gasteiger partial charge is 0.255 e. The topological polar surface area (TPSA) is 80.5 Å². The molecule has 1 aromatic carbocycles. The summed E-state index contributed by atoms with van der Waals surface area (Å²) in [5.41, 5.74) is 6.05. The summed E-state index contributed by atoms with van der Waals surface area (Å²) in [6.45, 7) is 4.29. The highest BCUT2D eigenvalue weighted by atomic mass is 35.5. The summed E-state index contributed by atoms with van der Waals surface area (Å²) in [7, 11) is -3.47. The van der Waals surface area contributed by atoms with Crippen LogP contribution in [0.15, 0.2) is 29.2 Å². The monoisotopic (exact) mass is 332 g/mol. The summed E-state index contributed by atoms with van der Waals surface area (Å²) >= 11 is 0. The van der Waals surface area contributed by atoms with Gasteiger partial charge in [0.2, 0.25) is 0 Å². The van der Waals surface area contributed by atoms with E-state index in [-0.39, 0.29) is 34.8 Å². The van der Waals surface area contributed by atoms with Crippen molar-refractivity contribution >= 4 is 28.2 Å². The zero-order chi connectivity index (χ0) is 14.9. The third-order valence-electron chi connectivity index (χ3n) is 3.56. The normalized spacial score (nSPS) is 18.7. The molecule has 1 amide bonds. The van der Waals surface area contributed by atoms with E-state index in [9.17, 15) is 13.2 Å². The van der Waals surface area contributed by atoms with Crippen LogP contribution in [-0.4, -0.2) is 43.6 Å². The lowest BCUT2D eigenvalue weighted by atomic mass is 10.2. The van der Waals surface area contributed by atoms with Crippen molar-refractivity contribution in [1.29, 1.82) is 0 Å². The van der Waals surface area contributed by atoms with Crippen LogP contribution in [0.5, 0.6) is 0 Å². The number of carbonyl (C=O) groups excluding carboxylic acids is 1. The number of carbonyl (C=O) groups is 1. The number of nitrogens with two attached hydrogens (primary N) is 1. The van der Waals surface area contributed by atoms with Crippen LogP contribution < -0.4 is 5.73 Å². The maximum Gasteiger partial charge on any atom is 0.255 e. The molecular formula is C14H21ClN2O3S. The van der Waals surface area contributed by atoms with Gasteiger partial charge < -0.3 is 10.6 Å². The zero-order valence-corrected chi connectivity index (χ0v) is 13.8. The van der Waals surface area contributed by atoms with Gasteiger partial charge in [-0.1, -0.05) is 12.1 Å². The van der Waals surface area contributed by atoms with Crippen molar-refractivity contribution in [1.82, 2.24) is 4.90 Å². The molecular weight excluding hydrogens is 312 g/mol. The molecule has 0 unspecified atom stereocenters. The molecule has 1 fully saturated rings. The number of sulfone groups is 1. The Bertz CT molecular complexity index is 616. The number of hydrogen-bond acceptors (Lipinski definition) is 4. The van der Waals surface area contributed by atoms with Crippen molar-refractivity contribution in [3.63, 3.8) is 0 Å². The highest BCUT2D eigenvalue weighted by Crippen LogP contribution is 2.23. The second kappa shape index (κ2) is 6.77. The van der Waals surface area contributed by atoms with E-state index >= 15 is 0 Å². The maximum atomic E-state index is 12.5. The molecule has 1 saturated heterocycles. The fraction of sp³-hybridized carbons (Fsp3) is 0.500. The summed E-state index contributed by atoms with van der Waals surface area (Å²) in [5.74, 6) is -0.252. The Labute approximate surface area is 131 Å². The van der Waals surface area contributed by atoms with Crippen LogP contribution in [0, 0.1) is 0 Å². The van der Waals surface area contributed by atoms with Gasteiger partial charge in [-0.15, -0.1) is 12.4 Å². The molecule has 1 heterocycles. The summed E-state index contributed by atoms with van der Waals surface area (Å²) in [6.07, 6.45) is 0.755. The Morgan fingerprint density at radius 2 is 1.95 bits per heavy atom. The fourth-order valence-electron chi connectivity index (χ4n) is 2.29. The van der Waals surface area contributed by atoms with Gasteiger partial charge in [0.15, 0.2) is 9.84 Å². The lowest BCUT2D eigenvalue weighted by molar-refractivity contribution is 0.0787. The Morgan fingerprint density at radius 3 is 2.48 bits per heavy atom. The van der Waals surface area contributed by atoms with E-state index in [0.717, 1.165) is 6.42 Å². The van der Waals surface area contributed by atoms with Crippen LogP contribution in [0.2, 0.25) is 0 Å². The molecule has 2 rings (SSSR count). The second-order valence-corrected chi connectivity index (χ2v) is 7.86. The molecule has 118 valence electrons. The van der Waals surface area contributed by atoms with Crippen molar-refractivity contribution in [3.05, 3.63) is 29.8 Å². The van der Waals surface area contributed by atoms with Gasteiger partial charge in [0.25, 0.3) is 5.91 Å². The van der Waals surface area contributed by atoms with Crippen LogP contribution in [0.3, 0.4) is 0 Å². The molecule has 0 aromatic heterocycles. The molecule has 1 atom stereocenters. The van der Waals surface area contributed by atoms with E-state index in [1.165, 1.54) is 6.07 Å². The maximum absolute atomic E-state index is 12.5. The predicted octanol–water partition coefficient (Wildman–Crippen LogP) is 1.46. The van der Waals surface area contributed by atoms with Crippen LogP contribution >= 0.6 is 12.4 Å². The molecule has 7 heteroatoms. The number of benzene rings is 1. The van der Waals surface area contributed by atoms with Crippen LogP contribution in [-0.2, 0) is 9.84 Å². The van der Waals surface area contributed by atoms with E-state index in [4.69, 9.17) is 5.73 Å². The molecule has 0 spiro atoms. The van der Waals surface area contributed by atoms with Crippen molar-refractivity contribution in [2.24, 2.45) is 5.73 Å². The molecule has 0 bridgehead atoms. The van der Waals surface area contributed by atoms with Gasteiger partial charge in [0.05, 0.1) is 15.7 Å². The minimum Gasteiger partial charge on any atom is -0.337 e. The Kier molecular flexibility index (Phi) is 5.78. The number of amides is 1. The van der Waals surface area contributed by atoms with E-state index in [1.54, 1.807) is 36.9 Å². The summed E-state index contributed by atoms with van der Waals surface area (Å²) in [6, 6.07) is 6.37. The van der Waals surface area contributed by atoms with Gasteiger partial charge in [-0.05, 0) is 32.4 Å². The van der Waals surface area contributed by atoms with Crippen LogP contribution in [0.4, 0.5) is 0 Å².